The third-order valence-corrected chi connectivity index (χ3v) is 7.28. The van der Waals surface area contributed by atoms with Gasteiger partial charge in [0, 0.05) is 51.9 Å². The molecule has 2 aromatic rings. The third-order valence-electron chi connectivity index (χ3n) is 7.28. The van der Waals surface area contributed by atoms with Crippen molar-refractivity contribution in [3.8, 4) is 0 Å². The summed E-state index contributed by atoms with van der Waals surface area (Å²) in [7, 11) is 2.46. The van der Waals surface area contributed by atoms with E-state index in [1.54, 1.807) is 9.80 Å². The number of urea groups is 2. The number of likely N-dealkylation sites (tertiary alicyclic amines) is 2. The molecule has 2 saturated heterocycles. The van der Waals surface area contributed by atoms with E-state index in [2.05, 4.69) is 0 Å². The highest BCUT2D eigenvalue weighted by molar-refractivity contribution is 5.92. The Hall–Kier alpha value is -3.51. The Kier molecular flexibility index (Phi) is 7.72. The van der Waals surface area contributed by atoms with Crippen LogP contribution >= 0.6 is 0 Å². The molecule has 2 unspecified atom stereocenters. The summed E-state index contributed by atoms with van der Waals surface area (Å²) in [6, 6.07) is 4.74. The second kappa shape index (κ2) is 10.6. The van der Waals surface area contributed by atoms with Crippen molar-refractivity contribution in [2.45, 2.75) is 37.2 Å². The molecule has 13 heteroatoms. The van der Waals surface area contributed by atoms with Crippen LogP contribution in [-0.4, -0.2) is 73.1 Å². The van der Waals surface area contributed by atoms with Gasteiger partial charge in [0.25, 0.3) is 0 Å². The predicted octanol–water partition coefficient (Wildman–Crippen LogP) is 6.04. The van der Waals surface area contributed by atoms with Crippen LogP contribution in [0.3, 0.4) is 0 Å². The lowest BCUT2D eigenvalue weighted by atomic mass is 9.93. The smallest absolute Gasteiger partial charge is 0.325 e. The zero-order chi connectivity index (χ0) is 28.7. The minimum Gasteiger partial charge on any atom is -0.325 e. The summed E-state index contributed by atoms with van der Waals surface area (Å²) >= 11 is 0. The van der Waals surface area contributed by atoms with Gasteiger partial charge in [0.2, 0.25) is 0 Å². The van der Waals surface area contributed by atoms with E-state index in [0.29, 0.717) is 30.8 Å². The molecule has 4 rings (SSSR count). The predicted molar refractivity (Wildman–Crippen MR) is 129 cm³/mol. The molecule has 39 heavy (non-hydrogen) atoms. The Morgan fingerprint density at radius 2 is 1.36 bits per heavy atom. The number of anilines is 1. The maximum atomic E-state index is 13.6. The average Bonchev–Trinajstić information content (AvgIpc) is 3.57. The van der Waals surface area contributed by atoms with Crippen molar-refractivity contribution in [3.63, 3.8) is 0 Å². The molecule has 2 aliphatic heterocycles. The van der Waals surface area contributed by atoms with E-state index in [-0.39, 0.29) is 25.2 Å². The molecule has 2 atom stereocenters. The van der Waals surface area contributed by atoms with E-state index in [1.165, 1.54) is 36.2 Å². The van der Waals surface area contributed by atoms with Crippen LogP contribution in [-0.2, 0) is 12.4 Å². The van der Waals surface area contributed by atoms with Crippen LogP contribution in [0.1, 0.15) is 35.4 Å². The van der Waals surface area contributed by atoms with E-state index < -0.39 is 53.0 Å². The van der Waals surface area contributed by atoms with Gasteiger partial charge in [-0.2, -0.15) is 26.3 Å². The first kappa shape index (κ1) is 28.5. The fourth-order valence-corrected chi connectivity index (χ4v) is 5.10. The Balaban J connectivity index is 1.64. The van der Waals surface area contributed by atoms with Crippen LogP contribution in [0, 0.1) is 5.82 Å². The van der Waals surface area contributed by atoms with Crippen LogP contribution < -0.4 is 4.90 Å². The lowest BCUT2D eigenvalue weighted by molar-refractivity contribution is -0.143. The second-order valence-electron chi connectivity index (χ2n) is 9.82. The van der Waals surface area contributed by atoms with E-state index in [9.17, 15) is 40.3 Å². The summed E-state index contributed by atoms with van der Waals surface area (Å²) in [6.45, 7) is 1.48. The molecule has 0 N–H and O–H groups in total. The lowest BCUT2D eigenvalue weighted by Crippen LogP contribution is -2.48. The van der Waals surface area contributed by atoms with E-state index in [0.717, 1.165) is 24.8 Å². The van der Waals surface area contributed by atoms with Crippen LogP contribution in [0.2, 0.25) is 0 Å². The number of likely N-dealkylation sites (N-methyl/N-ethyl adjacent to an activating group) is 1. The van der Waals surface area contributed by atoms with Gasteiger partial charge in [-0.3, -0.25) is 4.90 Å². The quantitative estimate of drug-likeness (QED) is 0.430. The van der Waals surface area contributed by atoms with Gasteiger partial charge < -0.3 is 14.7 Å². The average molecular weight is 561 g/mol. The molecule has 0 radical (unpaired) electrons. The van der Waals surface area contributed by atoms with Crippen molar-refractivity contribution in [3.05, 3.63) is 65.0 Å². The van der Waals surface area contributed by atoms with E-state index in [4.69, 9.17) is 0 Å². The molecule has 2 aliphatic rings. The molecule has 0 aliphatic carbocycles. The van der Waals surface area contributed by atoms with Crippen LogP contribution in [0.15, 0.2) is 42.5 Å². The summed E-state index contributed by atoms with van der Waals surface area (Å²) in [5, 5.41) is 0. The molecule has 0 saturated carbocycles. The van der Waals surface area contributed by atoms with Gasteiger partial charge >= 0.3 is 24.4 Å². The summed E-state index contributed by atoms with van der Waals surface area (Å²) < 4.78 is 93.8. The second-order valence-corrected chi connectivity index (χ2v) is 9.82. The highest BCUT2D eigenvalue weighted by Crippen LogP contribution is 2.39. The molecule has 2 fully saturated rings. The van der Waals surface area contributed by atoms with Gasteiger partial charge in [0.15, 0.2) is 0 Å². The van der Waals surface area contributed by atoms with Crippen molar-refractivity contribution in [2.75, 3.05) is 45.2 Å². The van der Waals surface area contributed by atoms with Gasteiger partial charge in [0.05, 0.1) is 17.2 Å². The Bertz CT molecular complexity index is 1180. The topological polar surface area (TPSA) is 47.1 Å². The molecule has 212 valence electrons. The van der Waals surface area contributed by atoms with E-state index in [1.807, 2.05) is 0 Å². The number of alkyl halides is 6. The lowest BCUT2D eigenvalue weighted by Gasteiger charge is -2.33. The molecule has 0 spiro atoms. The highest BCUT2D eigenvalue weighted by atomic mass is 19.4. The first-order valence-corrected chi connectivity index (χ1v) is 12.3. The standard InChI is InChI=1S/C26H27F7N4O2/c1-34(20-12-17(25(28,29)30)11-18(13-20)26(31,32)33)23(38)35(2)22-15-37(24(39)36-9-3-4-10-36)14-21(22)16-5-7-19(27)8-6-16/h5-8,11-13,21-22H,3-4,9-10,14-15H2,1-2H3. The maximum Gasteiger partial charge on any atom is 0.416 e. The van der Waals surface area contributed by atoms with Crippen molar-refractivity contribution >= 4 is 17.7 Å². The van der Waals surface area contributed by atoms with E-state index >= 15 is 0 Å². The first-order valence-electron chi connectivity index (χ1n) is 12.3. The van der Waals surface area contributed by atoms with Gasteiger partial charge in [0.1, 0.15) is 5.82 Å². The Labute approximate surface area is 220 Å². The molecule has 2 aromatic carbocycles. The normalized spacial score (nSPS) is 19.9. The maximum absolute atomic E-state index is 13.6. The fraction of sp³-hybridized carbons (Fsp3) is 0.462. The Morgan fingerprint density at radius 3 is 1.87 bits per heavy atom. The summed E-state index contributed by atoms with van der Waals surface area (Å²) in [5.41, 5.74) is -3.03. The number of amides is 4. The summed E-state index contributed by atoms with van der Waals surface area (Å²) in [5.74, 6) is -0.945. The van der Waals surface area contributed by atoms with Crippen molar-refractivity contribution in [2.24, 2.45) is 0 Å². The molecule has 2 heterocycles. The van der Waals surface area contributed by atoms with Crippen molar-refractivity contribution in [1.82, 2.24) is 14.7 Å². The Morgan fingerprint density at radius 1 is 0.821 bits per heavy atom. The number of carbonyl (C=O) groups excluding carboxylic acids is 2. The SMILES string of the molecule is CN(C(=O)N(C)C1CN(C(=O)N2CCCC2)CC1c1ccc(F)cc1)c1cc(C(F)(F)F)cc(C(F)(F)F)c1. The van der Waals surface area contributed by atoms with Gasteiger partial charge in [-0.25, -0.2) is 14.0 Å². The summed E-state index contributed by atoms with van der Waals surface area (Å²) in [6.07, 6.45) is -8.41. The van der Waals surface area contributed by atoms with Gasteiger partial charge in [-0.1, -0.05) is 12.1 Å². The van der Waals surface area contributed by atoms with Crippen LogP contribution in [0.25, 0.3) is 0 Å². The highest BCUT2D eigenvalue weighted by Gasteiger charge is 2.43. The van der Waals surface area contributed by atoms with Crippen molar-refractivity contribution in [1.29, 1.82) is 0 Å². The largest absolute Gasteiger partial charge is 0.416 e. The number of carbonyl (C=O) groups is 2. The molecular weight excluding hydrogens is 533 g/mol. The molecule has 4 amide bonds. The monoisotopic (exact) mass is 560 g/mol. The fourth-order valence-electron chi connectivity index (χ4n) is 5.10. The van der Waals surface area contributed by atoms with Gasteiger partial charge in [-0.05, 0) is 48.7 Å². The number of hydrogen-bond acceptors (Lipinski definition) is 2. The van der Waals surface area contributed by atoms with Gasteiger partial charge in [-0.15, -0.1) is 0 Å². The molecular formula is C26H27F7N4O2. The number of benzene rings is 2. The number of rotatable bonds is 3. The zero-order valence-electron chi connectivity index (χ0n) is 21.2. The number of halogens is 7. The third kappa shape index (κ3) is 6.06. The molecule has 6 nitrogen and oxygen atoms in total. The van der Waals surface area contributed by atoms with Crippen LogP contribution in [0.4, 0.5) is 46.0 Å². The zero-order valence-corrected chi connectivity index (χ0v) is 21.2. The molecule has 0 bridgehead atoms. The van der Waals surface area contributed by atoms with Crippen LogP contribution in [0.5, 0.6) is 0 Å². The molecule has 0 aromatic heterocycles. The van der Waals surface area contributed by atoms with Crippen molar-refractivity contribution < 1.29 is 40.3 Å². The number of nitrogens with zero attached hydrogens (tertiary/aromatic N) is 4. The first-order chi connectivity index (χ1) is 18.2. The number of hydrogen-bond donors (Lipinski definition) is 0. The minimum absolute atomic E-state index is 0.00505. The minimum atomic E-state index is -5.07. The summed E-state index contributed by atoms with van der Waals surface area (Å²) in [4.78, 5) is 31.7.